The Bertz CT molecular complexity index is 415. The predicted molar refractivity (Wildman–Crippen MR) is 76.1 cm³/mol. The summed E-state index contributed by atoms with van der Waals surface area (Å²) >= 11 is 0. The summed E-state index contributed by atoms with van der Waals surface area (Å²) in [5.74, 6) is 3.04. The van der Waals surface area contributed by atoms with Crippen molar-refractivity contribution in [2.75, 3.05) is 19.3 Å². The molecule has 18 heavy (non-hydrogen) atoms. The minimum Gasteiger partial charge on any atom is -0.399 e. The summed E-state index contributed by atoms with van der Waals surface area (Å²) in [4.78, 5) is 2.47. The van der Waals surface area contributed by atoms with Crippen LogP contribution >= 0.6 is 0 Å². The minimum atomic E-state index is 0.876. The first kappa shape index (κ1) is 12.0. The Labute approximate surface area is 110 Å². The minimum absolute atomic E-state index is 0.876. The average molecular weight is 244 g/mol. The number of nitrogens with two attached hydrogens (primary N) is 1. The van der Waals surface area contributed by atoms with Crippen LogP contribution in [0.5, 0.6) is 0 Å². The molecule has 98 valence electrons. The molecule has 3 atom stereocenters. The number of nitrogens with zero attached hydrogens (tertiary/aromatic N) is 1. The summed E-state index contributed by atoms with van der Waals surface area (Å²) < 4.78 is 0. The van der Waals surface area contributed by atoms with Crippen LogP contribution in [0.15, 0.2) is 24.3 Å². The molecule has 0 aliphatic heterocycles. The van der Waals surface area contributed by atoms with Gasteiger partial charge in [-0.15, -0.1) is 0 Å². The van der Waals surface area contributed by atoms with E-state index in [1.807, 2.05) is 6.07 Å². The Balaban J connectivity index is 1.54. The van der Waals surface area contributed by atoms with Crippen molar-refractivity contribution in [1.82, 2.24) is 4.90 Å². The molecule has 0 spiro atoms. The van der Waals surface area contributed by atoms with E-state index in [2.05, 4.69) is 30.1 Å². The largest absolute Gasteiger partial charge is 0.399 e. The number of hydrogen-bond donors (Lipinski definition) is 1. The molecule has 0 saturated heterocycles. The first-order valence-electron chi connectivity index (χ1n) is 7.23. The van der Waals surface area contributed by atoms with Gasteiger partial charge in [0.2, 0.25) is 0 Å². The lowest BCUT2D eigenvalue weighted by Gasteiger charge is -2.27. The molecule has 2 heteroatoms. The monoisotopic (exact) mass is 244 g/mol. The highest BCUT2D eigenvalue weighted by atomic mass is 15.1. The molecule has 2 nitrogen and oxygen atoms in total. The van der Waals surface area contributed by atoms with Crippen LogP contribution in [0, 0.1) is 17.8 Å². The van der Waals surface area contributed by atoms with Crippen LogP contribution in [-0.4, -0.2) is 18.5 Å². The number of nitrogen functional groups attached to an aromatic ring is 1. The van der Waals surface area contributed by atoms with E-state index in [0.717, 1.165) is 30.0 Å². The molecule has 0 radical (unpaired) electrons. The first-order chi connectivity index (χ1) is 8.70. The standard InChI is InChI=1S/C16H24N2/c1-18(10-13-3-2-4-16(17)9-13)11-15-8-12-5-6-14(15)7-12/h2-4,9,12,14-15H,5-8,10-11,17H2,1H3. The molecule has 2 saturated carbocycles. The molecule has 2 aliphatic rings. The zero-order valence-electron chi connectivity index (χ0n) is 11.3. The van der Waals surface area contributed by atoms with Gasteiger partial charge in [0.25, 0.3) is 0 Å². The van der Waals surface area contributed by atoms with Crippen molar-refractivity contribution in [3.8, 4) is 0 Å². The van der Waals surface area contributed by atoms with Gasteiger partial charge in [0, 0.05) is 18.8 Å². The lowest BCUT2D eigenvalue weighted by molar-refractivity contribution is 0.214. The van der Waals surface area contributed by atoms with Crippen molar-refractivity contribution in [3.63, 3.8) is 0 Å². The normalized spacial score (nSPS) is 30.2. The molecule has 0 aromatic heterocycles. The van der Waals surface area contributed by atoms with Gasteiger partial charge in [0.15, 0.2) is 0 Å². The lowest BCUT2D eigenvalue weighted by atomic mass is 9.88. The molecule has 2 bridgehead atoms. The third kappa shape index (κ3) is 2.54. The lowest BCUT2D eigenvalue weighted by Crippen LogP contribution is -2.28. The van der Waals surface area contributed by atoms with Crippen LogP contribution in [0.3, 0.4) is 0 Å². The molecule has 2 fully saturated rings. The van der Waals surface area contributed by atoms with Gasteiger partial charge in [0.05, 0.1) is 0 Å². The van der Waals surface area contributed by atoms with Crippen LogP contribution in [0.2, 0.25) is 0 Å². The highest BCUT2D eigenvalue weighted by molar-refractivity contribution is 5.40. The summed E-state index contributed by atoms with van der Waals surface area (Å²) in [6.07, 6.45) is 5.98. The molecular weight excluding hydrogens is 220 g/mol. The van der Waals surface area contributed by atoms with E-state index >= 15 is 0 Å². The van der Waals surface area contributed by atoms with Crippen LogP contribution in [0.4, 0.5) is 5.69 Å². The smallest absolute Gasteiger partial charge is 0.0317 e. The first-order valence-corrected chi connectivity index (χ1v) is 7.23. The third-order valence-electron chi connectivity index (χ3n) is 4.83. The number of rotatable bonds is 4. The average Bonchev–Trinajstić information content (AvgIpc) is 2.90. The third-order valence-corrected chi connectivity index (χ3v) is 4.83. The molecule has 1 aromatic carbocycles. The van der Waals surface area contributed by atoms with E-state index in [4.69, 9.17) is 5.73 Å². The maximum Gasteiger partial charge on any atom is 0.0317 e. The molecule has 3 unspecified atom stereocenters. The Morgan fingerprint density at radius 1 is 1.28 bits per heavy atom. The number of benzene rings is 1. The quantitative estimate of drug-likeness (QED) is 0.824. The topological polar surface area (TPSA) is 29.3 Å². The summed E-state index contributed by atoms with van der Waals surface area (Å²) in [6.45, 7) is 2.29. The SMILES string of the molecule is CN(Cc1cccc(N)c1)CC1CC2CCC1C2. The molecule has 2 aliphatic carbocycles. The second-order valence-corrected chi connectivity index (χ2v) is 6.38. The fourth-order valence-corrected chi connectivity index (χ4v) is 4.07. The highest BCUT2D eigenvalue weighted by Gasteiger charge is 2.39. The molecule has 2 N–H and O–H groups in total. The summed E-state index contributed by atoms with van der Waals surface area (Å²) in [5, 5.41) is 0. The Kier molecular flexibility index (Phi) is 3.29. The van der Waals surface area contributed by atoms with Crippen LogP contribution in [-0.2, 0) is 6.54 Å². The van der Waals surface area contributed by atoms with E-state index in [1.54, 1.807) is 0 Å². The maximum absolute atomic E-state index is 5.83. The summed E-state index contributed by atoms with van der Waals surface area (Å²) in [7, 11) is 2.25. The van der Waals surface area contributed by atoms with Gasteiger partial charge in [-0.2, -0.15) is 0 Å². The predicted octanol–water partition coefficient (Wildman–Crippen LogP) is 3.14. The number of hydrogen-bond acceptors (Lipinski definition) is 2. The van der Waals surface area contributed by atoms with E-state index in [9.17, 15) is 0 Å². The van der Waals surface area contributed by atoms with Gasteiger partial charge < -0.3 is 10.6 Å². The van der Waals surface area contributed by atoms with Crippen molar-refractivity contribution in [2.45, 2.75) is 32.2 Å². The van der Waals surface area contributed by atoms with Crippen molar-refractivity contribution in [2.24, 2.45) is 17.8 Å². The second-order valence-electron chi connectivity index (χ2n) is 6.38. The van der Waals surface area contributed by atoms with Crippen molar-refractivity contribution >= 4 is 5.69 Å². The highest BCUT2D eigenvalue weighted by Crippen LogP contribution is 2.48. The zero-order valence-corrected chi connectivity index (χ0v) is 11.3. The van der Waals surface area contributed by atoms with E-state index in [-0.39, 0.29) is 0 Å². The summed E-state index contributed by atoms with van der Waals surface area (Å²) in [6, 6.07) is 8.28. The molecule has 1 aromatic rings. The number of fused-ring (bicyclic) bond motifs is 2. The van der Waals surface area contributed by atoms with Crippen LogP contribution < -0.4 is 5.73 Å². The molecule has 0 amide bonds. The zero-order chi connectivity index (χ0) is 12.5. The van der Waals surface area contributed by atoms with Gasteiger partial charge in [-0.1, -0.05) is 18.6 Å². The molecule has 3 rings (SSSR count). The van der Waals surface area contributed by atoms with Crippen molar-refractivity contribution in [3.05, 3.63) is 29.8 Å². The van der Waals surface area contributed by atoms with E-state index in [1.165, 1.54) is 37.8 Å². The Morgan fingerprint density at radius 2 is 2.17 bits per heavy atom. The van der Waals surface area contributed by atoms with E-state index < -0.39 is 0 Å². The molecular formula is C16H24N2. The van der Waals surface area contributed by atoms with E-state index in [0.29, 0.717) is 0 Å². The molecule has 0 heterocycles. The fraction of sp³-hybridized carbons (Fsp3) is 0.625. The van der Waals surface area contributed by atoms with Gasteiger partial charge in [-0.05, 0) is 61.8 Å². The maximum atomic E-state index is 5.83. The Morgan fingerprint density at radius 3 is 2.83 bits per heavy atom. The van der Waals surface area contributed by atoms with Gasteiger partial charge in [-0.25, -0.2) is 0 Å². The fourth-order valence-electron chi connectivity index (χ4n) is 4.07. The van der Waals surface area contributed by atoms with Crippen molar-refractivity contribution < 1.29 is 0 Å². The van der Waals surface area contributed by atoms with Gasteiger partial charge in [-0.3, -0.25) is 0 Å². The van der Waals surface area contributed by atoms with Crippen LogP contribution in [0.1, 0.15) is 31.2 Å². The van der Waals surface area contributed by atoms with Gasteiger partial charge in [0.1, 0.15) is 0 Å². The second kappa shape index (κ2) is 4.93. The van der Waals surface area contributed by atoms with Crippen molar-refractivity contribution in [1.29, 1.82) is 0 Å². The van der Waals surface area contributed by atoms with Crippen LogP contribution in [0.25, 0.3) is 0 Å². The Hall–Kier alpha value is -1.02. The van der Waals surface area contributed by atoms with Gasteiger partial charge >= 0.3 is 0 Å². The number of anilines is 1. The summed E-state index contributed by atoms with van der Waals surface area (Å²) in [5.41, 5.74) is 8.04.